The second-order valence-electron chi connectivity index (χ2n) is 6.61. The van der Waals surface area contributed by atoms with Crippen LogP contribution in [0.25, 0.3) is 0 Å². The average molecular weight is 356 g/mol. The molecule has 5 rings (SSSR count). The number of ether oxygens (including phenoxy) is 4. The summed E-state index contributed by atoms with van der Waals surface area (Å²) in [7, 11) is 0. The first kappa shape index (κ1) is 12.6. The van der Waals surface area contributed by atoms with Gasteiger partial charge in [-0.3, -0.25) is 4.79 Å². The highest BCUT2D eigenvalue weighted by molar-refractivity contribution is 6.00. The van der Waals surface area contributed by atoms with Crippen LogP contribution in [0.4, 0.5) is 0 Å². The van der Waals surface area contributed by atoms with Crippen molar-refractivity contribution in [2.45, 2.75) is 19.4 Å². The van der Waals surface area contributed by atoms with E-state index < -0.39 is 6.98 Å². The maximum absolute atomic E-state index is 13.2. The topological polar surface area (TPSA) is 57.2 Å². The number of likely N-dealkylation sites (N-methyl/N-ethyl adjacent to an activating group) is 1. The molecule has 6 nitrogen and oxygen atoms in total. The van der Waals surface area contributed by atoms with Gasteiger partial charge in [-0.15, -0.1) is 0 Å². The Hall–Kier alpha value is -2.73. The quantitative estimate of drug-likeness (QED) is 0.723. The largest absolute Gasteiger partial charge is 0.454 e. The lowest BCUT2D eigenvalue weighted by atomic mass is 9.92. The molecule has 0 amide bonds. The monoisotopic (exact) mass is 356 g/mol. The van der Waals surface area contributed by atoms with Crippen molar-refractivity contribution < 1.29 is 27.9 Å². The third-order valence-electron chi connectivity index (χ3n) is 4.96. The smallest absolute Gasteiger partial charge is 0.231 e. The summed E-state index contributed by atoms with van der Waals surface area (Å²) in [6, 6.07) is 7.05. The van der Waals surface area contributed by atoms with Gasteiger partial charge in [0.1, 0.15) is 0 Å². The average Bonchev–Trinajstić information content (AvgIpc) is 3.30. The summed E-state index contributed by atoms with van der Waals surface area (Å²) < 4.78 is 45.6. The van der Waals surface area contributed by atoms with Gasteiger partial charge in [0.15, 0.2) is 28.8 Å². The molecule has 3 heterocycles. The van der Waals surface area contributed by atoms with Crippen molar-refractivity contribution in [3.63, 3.8) is 0 Å². The SMILES string of the molecule is [2H]C([2H])([2H])N1CCc2cc3c(cc2C(=O)Cc2cc4c(cc2C1)OCO4)OCO3. The standard InChI is InChI=1S/C20H19NO5/c1-21-3-2-12-5-17-20(26-11-23-17)8-15(12)16(22)4-13-6-18-19(25-10-24-18)7-14(13)9-21/h5-8H,2-4,9-11H2,1H3/i1D3. The van der Waals surface area contributed by atoms with Crippen LogP contribution >= 0.6 is 0 Å². The lowest BCUT2D eigenvalue weighted by molar-refractivity contribution is 0.0990. The van der Waals surface area contributed by atoms with Gasteiger partial charge in [0.2, 0.25) is 13.6 Å². The molecule has 3 aliphatic rings. The van der Waals surface area contributed by atoms with E-state index in [1.807, 2.05) is 0 Å². The zero-order valence-electron chi connectivity index (χ0n) is 17.0. The maximum Gasteiger partial charge on any atom is 0.231 e. The highest BCUT2D eigenvalue weighted by Gasteiger charge is 2.25. The Morgan fingerprint density at radius 1 is 0.885 bits per heavy atom. The third-order valence-corrected chi connectivity index (χ3v) is 4.96. The van der Waals surface area contributed by atoms with Crippen molar-refractivity contribution in [3.8, 4) is 23.0 Å². The van der Waals surface area contributed by atoms with Crippen molar-refractivity contribution in [2.24, 2.45) is 0 Å². The van der Waals surface area contributed by atoms with E-state index in [0.717, 1.165) is 16.7 Å². The van der Waals surface area contributed by atoms with Gasteiger partial charge in [-0.05, 0) is 54.4 Å². The molecule has 3 aliphatic heterocycles. The second kappa shape index (κ2) is 5.92. The molecule has 0 spiro atoms. The van der Waals surface area contributed by atoms with Crippen molar-refractivity contribution in [1.82, 2.24) is 4.90 Å². The minimum atomic E-state index is -2.27. The van der Waals surface area contributed by atoms with E-state index >= 15 is 0 Å². The molecule has 0 N–H and O–H groups in total. The molecule has 0 radical (unpaired) electrons. The Balaban J connectivity index is 1.62. The fourth-order valence-electron chi connectivity index (χ4n) is 3.60. The third kappa shape index (κ3) is 2.57. The zero-order chi connectivity index (χ0) is 20.2. The Morgan fingerprint density at radius 2 is 1.50 bits per heavy atom. The van der Waals surface area contributed by atoms with Crippen molar-refractivity contribution in [2.75, 3.05) is 27.1 Å². The number of rotatable bonds is 0. The van der Waals surface area contributed by atoms with Gasteiger partial charge >= 0.3 is 0 Å². The fraction of sp³-hybridized carbons (Fsp3) is 0.350. The van der Waals surface area contributed by atoms with Crippen LogP contribution in [-0.2, 0) is 19.4 Å². The molecular weight excluding hydrogens is 334 g/mol. The van der Waals surface area contributed by atoms with E-state index in [4.69, 9.17) is 23.1 Å². The van der Waals surface area contributed by atoms with Gasteiger partial charge in [-0.25, -0.2) is 0 Å². The lowest BCUT2D eigenvalue weighted by Gasteiger charge is -2.22. The van der Waals surface area contributed by atoms with Crippen LogP contribution in [-0.4, -0.2) is 37.8 Å². The van der Waals surface area contributed by atoms with Gasteiger partial charge in [0.25, 0.3) is 0 Å². The molecular formula is C20H19NO5. The molecule has 2 aromatic rings. The van der Waals surface area contributed by atoms with Gasteiger partial charge in [-0.1, -0.05) is 0 Å². The maximum atomic E-state index is 13.2. The first-order valence-corrected chi connectivity index (χ1v) is 8.50. The van der Waals surface area contributed by atoms with Crippen LogP contribution in [0.1, 0.15) is 31.2 Å². The predicted octanol–water partition coefficient (Wildman–Crippen LogP) is 2.56. The number of fused-ring (bicyclic) bond motifs is 4. The summed E-state index contributed by atoms with van der Waals surface area (Å²) in [6.45, 7) is -1.59. The summed E-state index contributed by atoms with van der Waals surface area (Å²) >= 11 is 0. The first-order valence-electron chi connectivity index (χ1n) is 10.0. The molecule has 0 saturated carbocycles. The Bertz CT molecular complexity index is 1000. The number of carbonyl (C=O) groups is 1. The first-order chi connectivity index (χ1) is 13.9. The van der Waals surface area contributed by atoms with E-state index in [9.17, 15) is 4.79 Å². The Morgan fingerprint density at radius 3 is 2.19 bits per heavy atom. The number of hydrogen-bond acceptors (Lipinski definition) is 6. The molecule has 0 unspecified atom stereocenters. The molecule has 0 atom stereocenters. The van der Waals surface area contributed by atoms with Gasteiger partial charge < -0.3 is 23.8 Å². The van der Waals surface area contributed by atoms with Gasteiger partial charge in [0.05, 0.1) is 0 Å². The van der Waals surface area contributed by atoms with Crippen LogP contribution in [0.5, 0.6) is 23.0 Å². The number of hydrogen-bond donors (Lipinski definition) is 0. The summed E-state index contributed by atoms with van der Waals surface area (Å²) in [5.74, 6) is 2.20. The molecule has 0 bridgehead atoms. The van der Waals surface area contributed by atoms with Crippen molar-refractivity contribution in [3.05, 3.63) is 46.5 Å². The summed E-state index contributed by atoms with van der Waals surface area (Å²) in [6.07, 6.45) is 0.545. The van der Waals surface area contributed by atoms with Gasteiger partial charge in [0, 0.05) is 29.2 Å². The number of nitrogens with zero attached hydrogens (tertiary/aromatic N) is 1. The lowest BCUT2D eigenvalue weighted by Crippen LogP contribution is -2.24. The normalized spacial score (nSPS) is 20.6. The predicted molar refractivity (Wildman–Crippen MR) is 93.2 cm³/mol. The van der Waals surface area contributed by atoms with Crippen molar-refractivity contribution in [1.29, 1.82) is 0 Å². The minimum absolute atomic E-state index is 0.0549. The molecule has 2 aromatic carbocycles. The van der Waals surface area contributed by atoms with Crippen LogP contribution in [0.15, 0.2) is 24.3 Å². The van der Waals surface area contributed by atoms with Crippen LogP contribution < -0.4 is 18.9 Å². The number of carbonyl (C=O) groups excluding carboxylic acids is 1. The van der Waals surface area contributed by atoms with E-state index in [2.05, 4.69) is 0 Å². The summed E-state index contributed by atoms with van der Waals surface area (Å²) in [4.78, 5) is 14.6. The van der Waals surface area contributed by atoms with E-state index in [-0.39, 0.29) is 38.9 Å². The minimum Gasteiger partial charge on any atom is -0.454 e. The Labute approximate surface area is 155 Å². The Kier molecular flexibility index (Phi) is 2.87. The molecule has 0 saturated heterocycles. The van der Waals surface area contributed by atoms with Gasteiger partial charge in [-0.2, -0.15) is 0 Å². The number of benzene rings is 2. The van der Waals surface area contributed by atoms with Crippen LogP contribution in [0.2, 0.25) is 0 Å². The van der Waals surface area contributed by atoms with Crippen LogP contribution in [0, 0.1) is 0 Å². The molecule has 0 aromatic heterocycles. The molecule has 134 valence electrons. The van der Waals surface area contributed by atoms with E-state index in [1.165, 1.54) is 4.90 Å². The fourth-order valence-corrected chi connectivity index (χ4v) is 3.60. The van der Waals surface area contributed by atoms with Crippen LogP contribution in [0.3, 0.4) is 0 Å². The van der Waals surface area contributed by atoms with E-state index in [1.54, 1.807) is 24.3 Å². The molecule has 26 heavy (non-hydrogen) atoms. The molecule has 6 heteroatoms. The highest BCUT2D eigenvalue weighted by atomic mass is 16.7. The summed E-state index contributed by atoms with van der Waals surface area (Å²) in [5.41, 5.74) is 2.78. The second-order valence-corrected chi connectivity index (χ2v) is 6.61. The van der Waals surface area contributed by atoms with E-state index in [0.29, 0.717) is 35.0 Å². The molecule has 0 fully saturated rings. The molecule has 0 aliphatic carbocycles. The van der Waals surface area contributed by atoms with Crippen molar-refractivity contribution >= 4 is 5.78 Å². The highest BCUT2D eigenvalue weighted by Crippen LogP contribution is 2.38. The number of Topliss-reactive ketones (excluding diaryl/α,β-unsaturated/α-hetero) is 1. The number of ketones is 1. The summed E-state index contributed by atoms with van der Waals surface area (Å²) in [5, 5.41) is 0. The zero-order valence-corrected chi connectivity index (χ0v) is 14.0.